The number of hydrogen-bond donors (Lipinski definition) is 1. The van der Waals surface area contributed by atoms with Gasteiger partial charge in [-0.1, -0.05) is 13.0 Å². The number of pyridine rings is 1. The third-order valence-corrected chi connectivity index (χ3v) is 4.97. The molecule has 156 valence electrons. The van der Waals surface area contributed by atoms with E-state index < -0.39 is 12.0 Å². The van der Waals surface area contributed by atoms with Crippen LogP contribution in [-0.4, -0.2) is 51.7 Å². The Hall–Kier alpha value is -2.96. The van der Waals surface area contributed by atoms with Crippen molar-refractivity contribution >= 4 is 17.7 Å². The summed E-state index contributed by atoms with van der Waals surface area (Å²) in [7, 11) is 0. The molecule has 0 saturated heterocycles. The first kappa shape index (κ1) is 22.3. The Morgan fingerprint density at radius 3 is 2.52 bits per heavy atom. The molecular weight excluding hydrogens is 370 g/mol. The Morgan fingerprint density at radius 1 is 1.21 bits per heavy atom. The van der Waals surface area contributed by atoms with Crippen LogP contribution in [0.3, 0.4) is 0 Å². The van der Waals surface area contributed by atoms with Gasteiger partial charge in [-0.05, 0) is 45.4 Å². The van der Waals surface area contributed by atoms with E-state index in [1.165, 1.54) is 0 Å². The number of hydrogen-bond acceptors (Lipinski definition) is 5. The van der Waals surface area contributed by atoms with E-state index in [0.717, 1.165) is 5.69 Å². The topological polar surface area (TPSA) is 92.4 Å². The zero-order valence-corrected chi connectivity index (χ0v) is 17.7. The second-order valence-electron chi connectivity index (χ2n) is 6.90. The van der Waals surface area contributed by atoms with Crippen LogP contribution in [0.25, 0.3) is 0 Å². The predicted molar refractivity (Wildman–Crippen MR) is 110 cm³/mol. The van der Waals surface area contributed by atoms with Gasteiger partial charge < -0.3 is 14.6 Å². The minimum absolute atomic E-state index is 0.0989. The standard InChI is InChI=1S/C22H29N3O4/c1-6-18(26)25(13-11-17-10-8-9-12-23-17)16(5)21(27)19-14(3)20(24-15(19)4)22(28)29-7-2/h8-10,12,16,24H,6-7,11,13H2,1-5H3/t16-/m0/s1. The summed E-state index contributed by atoms with van der Waals surface area (Å²) < 4.78 is 5.05. The Labute approximate surface area is 171 Å². The SMILES string of the molecule is CCOC(=O)c1[nH]c(C)c(C(=O)[C@H](C)N(CCc2ccccn2)C(=O)CC)c1C. The molecule has 7 heteroatoms. The van der Waals surface area contributed by atoms with Crippen molar-refractivity contribution in [3.8, 4) is 0 Å². The van der Waals surface area contributed by atoms with Gasteiger partial charge in [0.25, 0.3) is 0 Å². The van der Waals surface area contributed by atoms with E-state index >= 15 is 0 Å². The van der Waals surface area contributed by atoms with Crippen molar-refractivity contribution < 1.29 is 19.1 Å². The van der Waals surface area contributed by atoms with E-state index in [9.17, 15) is 14.4 Å². The fourth-order valence-electron chi connectivity index (χ4n) is 3.40. The molecule has 0 unspecified atom stereocenters. The molecule has 2 rings (SSSR count). The second kappa shape index (κ2) is 10.0. The van der Waals surface area contributed by atoms with Gasteiger partial charge in [0.05, 0.1) is 12.6 Å². The third kappa shape index (κ3) is 5.10. The van der Waals surface area contributed by atoms with Crippen LogP contribution in [0.2, 0.25) is 0 Å². The van der Waals surface area contributed by atoms with Gasteiger partial charge >= 0.3 is 5.97 Å². The van der Waals surface area contributed by atoms with Crippen LogP contribution in [0.5, 0.6) is 0 Å². The molecule has 0 aromatic carbocycles. The number of aryl methyl sites for hydroxylation is 1. The molecule has 0 saturated carbocycles. The molecule has 0 spiro atoms. The van der Waals surface area contributed by atoms with Gasteiger partial charge in [-0.3, -0.25) is 14.6 Å². The summed E-state index contributed by atoms with van der Waals surface area (Å²) in [6, 6.07) is 4.97. The van der Waals surface area contributed by atoms with Gasteiger partial charge in [0.15, 0.2) is 5.78 Å². The monoisotopic (exact) mass is 399 g/mol. The van der Waals surface area contributed by atoms with Crippen LogP contribution in [0.1, 0.15) is 65.0 Å². The Bertz CT molecular complexity index is 874. The average Bonchev–Trinajstić information content (AvgIpc) is 3.02. The molecule has 0 radical (unpaired) electrons. The van der Waals surface area contributed by atoms with Crippen molar-refractivity contribution in [1.82, 2.24) is 14.9 Å². The number of rotatable bonds is 9. The molecule has 29 heavy (non-hydrogen) atoms. The number of ether oxygens (including phenoxy) is 1. The summed E-state index contributed by atoms with van der Waals surface area (Å²) >= 11 is 0. The second-order valence-corrected chi connectivity index (χ2v) is 6.90. The van der Waals surface area contributed by atoms with Crippen LogP contribution < -0.4 is 0 Å². The number of ketones is 1. The molecule has 0 aliphatic heterocycles. The Kier molecular flexibility index (Phi) is 7.70. The summed E-state index contributed by atoms with van der Waals surface area (Å²) in [6.07, 6.45) is 2.57. The average molecular weight is 399 g/mol. The van der Waals surface area contributed by atoms with E-state index in [1.807, 2.05) is 18.2 Å². The van der Waals surface area contributed by atoms with Crippen molar-refractivity contribution in [2.24, 2.45) is 0 Å². The van der Waals surface area contributed by atoms with Crippen LogP contribution in [-0.2, 0) is 16.0 Å². The quantitative estimate of drug-likeness (QED) is 0.516. The smallest absolute Gasteiger partial charge is 0.355 e. The van der Waals surface area contributed by atoms with Crippen LogP contribution >= 0.6 is 0 Å². The summed E-state index contributed by atoms with van der Waals surface area (Å²) in [4.78, 5) is 46.8. The van der Waals surface area contributed by atoms with Gasteiger partial charge in [0, 0.05) is 42.5 Å². The first-order chi connectivity index (χ1) is 13.8. The third-order valence-electron chi connectivity index (χ3n) is 4.97. The van der Waals surface area contributed by atoms with E-state index in [-0.39, 0.29) is 24.0 Å². The number of esters is 1. The molecule has 1 amide bonds. The van der Waals surface area contributed by atoms with E-state index in [1.54, 1.807) is 45.7 Å². The van der Waals surface area contributed by atoms with Gasteiger partial charge in [-0.25, -0.2) is 4.79 Å². The number of aromatic amines is 1. The largest absolute Gasteiger partial charge is 0.461 e. The first-order valence-electron chi connectivity index (χ1n) is 9.91. The lowest BCUT2D eigenvalue weighted by Crippen LogP contribution is -2.44. The molecule has 2 heterocycles. The number of amides is 1. The van der Waals surface area contributed by atoms with Crippen molar-refractivity contribution in [2.45, 2.75) is 53.5 Å². The number of Topliss-reactive ketones (excluding diaryl/α,β-unsaturated/α-hetero) is 1. The lowest BCUT2D eigenvalue weighted by molar-refractivity contribution is -0.132. The minimum atomic E-state index is -0.658. The highest BCUT2D eigenvalue weighted by Crippen LogP contribution is 2.22. The maximum atomic E-state index is 13.3. The number of carbonyl (C=O) groups is 3. The molecule has 0 aliphatic carbocycles. The summed E-state index contributed by atoms with van der Waals surface area (Å²) in [5.74, 6) is -0.788. The molecule has 2 aromatic heterocycles. The van der Waals surface area contributed by atoms with Gasteiger partial charge in [-0.15, -0.1) is 0 Å². The van der Waals surface area contributed by atoms with Crippen molar-refractivity contribution in [3.05, 3.63) is 52.6 Å². The first-order valence-corrected chi connectivity index (χ1v) is 9.91. The van der Waals surface area contributed by atoms with Crippen molar-refractivity contribution in [3.63, 3.8) is 0 Å². The highest BCUT2D eigenvalue weighted by Gasteiger charge is 2.30. The zero-order valence-electron chi connectivity index (χ0n) is 17.7. The molecule has 7 nitrogen and oxygen atoms in total. The lowest BCUT2D eigenvalue weighted by Gasteiger charge is -2.28. The summed E-state index contributed by atoms with van der Waals surface area (Å²) in [5.41, 5.74) is 2.72. The fourth-order valence-corrected chi connectivity index (χ4v) is 3.40. The minimum Gasteiger partial charge on any atom is -0.461 e. The highest BCUT2D eigenvalue weighted by atomic mass is 16.5. The van der Waals surface area contributed by atoms with E-state index in [2.05, 4.69) is 9.97 Å². The normalized spacial score (nSPS) is 11.8. The summed E-state index contributed by atoms with van der Waals surface area (Å²) in [6.45, 7) is 9.34. The van der Waals surface area contributed by atoms with Gasteiger partial charge in [0.2, 0.25) is 5.91 Å². The zero-order chi connectivity index (χ0) is 21.6. The van der Waals surface area contributed by atoms with E-state index in [0.29, 0.717) is 36.2 Å². The maximum Gasteiger partial charge on any atom is 0.355 e. The molecule has 2 aromatic rings. The molecule has 0 aliphatic rings. The number of aromatic nitrogens is 2. The van der Waals surface area contributed by atoms with Gasteiger partial charge in [0.1, 0.15) is 5.69 Å². The Morgan fingerprint density at radius 2 is 1.93 bits per heavy atom. The molecule has 1 atom stereocenters. The van der Waals surface area contributed by atoms with Crippen LogP contribution in [0.4, 0.5) is 0 Å². The fraction of sp³-hybridized carbons (Fsp3) is 0.455. The van der Waals surface area contributed by atoms with Crippen molar-refractivity contribution in [1.29, 1.82) is 0 Å². The van der Waals surface area contributed by atoms with Gasteiger partial charge in [-0.2, -0.15) is 0 Å². The van der Waals surface area contributed by atoms with Crippen LogP contribution in [0.15, 0.2) is 24.4 Å². The number of H-pyrrole nitrogens is 1. The number of carbonyl (C=O) groups excluding carboxylic acids is 3. The van der Waals surface area contributed by atoms with Crippen LogP contribution in [0, 0.1) is 13.8 Å². The molecule has 0 fully saturated rings. The maximum absolute atomic E-state index is 13.3. The van der Waals surface area contributed by atoms with Crippen molar-refractivity contribution in [2.75, 3.05) is 13.2 Å². The lowest BCUT2D eigenvalue weighted by atomic mass is 9.99. The molecule has 1 N–H and O–H groups in total. The number of nitrogens with one attached hydrogen (secondary N) is 1. The predicted octanol–water partition coefficient (Wildman–Crippen LogP) is 3.26. The summed E-state index contributed by atoms with van der Waals surface area (Å²) in [5, 5.41) is 0. The molecule has 0 bridgehead atoms. The molecular formula is C22H29N3O4. The Balaban J connectivity index is 2.26. The van der Waals surface area contributed by atoms with E-state index in [4.69, 9.17) is 4.74 Å². The highest BCUT2D eigenvalue weighted by molar-refractivity contribution is 6.06. The number of nitrogens with zero attached hydrogens (tertiary/aromatic N) is 2.